The van der Waals surface area contributed by atoms with E-state index < -0.39 is 18.0 Å². The maximum atomic E-state index is 12.2. The molecule has 24 heavy (non-hydrogen) atoms. The van der Waals surface area contributed by atoms with E-state index in [1.807, 2.05) is 25.1 Å². The number of halogens is 2. The van der Waals surface area contributed by atoms with Gasteiger partial charge in [-0.05, 0) is 18.6 Å². The Morgan fingerprint density at radius 3 is 2.92 bits per heavy atom. The van der Waals surface area contributed by atoms with E-state index in [9.17, 15) is 18.7 Å². The molecule has 0 amide bonds. The average Bonchev–Trinajstić information content (AvgIpc) is 3.02. The van der Waals surface area contributed by atoms with Gasteiger partial charge in [-0.1, -0.05) is 23.5 Å². The molecule has 2 N–H and O–H groups in total. The third-order valence-corrected chi connectivity index (χ3v) is 4.10. The number of aliphatic hydroxyl groups is 1. The van der Waals surface area contributed by atoms with Crippen molar-refractivity contribution in [3.05, 3.63) is 46.5 Å². The Balaban J connectivity index is 2.06. The summed E-state index contributed by atoms with van der Waals surface area (Å²) < 4.78 is 29.7. The van der Waals surface area contributed by atoms with Gasteiger partial charge < -0.3 is 15.2 Å². The minimum Gasteiger partial charge on any atom is -0.506 e. The van der Waals surface area contributed by atoms with E-state index >= 15 is 0 Å². The molecule has 5 nitrogen and oxygen atoms in total. The number of anilines is 1. The Morgan fingerprint density at radius 2 is 2.25 bits per heavy atom. The normalized spacial score (nSPS) is 11.6. The van der Waals surface area contributed by atoms with Crippen LogP contribution in [0.4, 0.5) is 13.9 Å². The minimum atomic E-state index is -3.15. The summed E-state index contributed by atoms with van der Waals surface area (Å²) in [6.07, 6.45) is -1.33. The molecule has 0 atom stereocenters. The van der Waals surface area contributed by atoms with Crippen molar-refractivity contribution in [2.45, 2.75) is 19.9 Å². The van der Waals surface area contributed by atoms with Gasteiger partial charge in [-0.3, -0.25) is 4.79 Å². The zero-order valence-electron chi connectivity index (χ0n) is 13.0. The molecule has 1 aromatic carbocycles. The van der Waals surface area contributed by atoms with Crippen LogP contribution in [0.3, 0.4) is 0 Å². The van der Waals surface area contributed by atoms with Crippen molar-refractivity contribution in [2.24, 2.45) is 0 Å². The fourth-order valence-electron chi connectivity index (χ4n) is 1.91. The number of aryl methyl sites for hydroxylation is 1. The third-order valence-electron chi connectivity index (χ3n) is 3.12. The summed E-state index contributed by atoms with van der Waals surface area (Å²) in [4.78, 5) is 15.2. The number of carbonyl (C=O) groups is 1. The number of methoxy groups -OCH3 is 1. The highest BCUT2D eigenvalue weighted by atomic mass is 32.1. The molecule has 0 spiro atoms. The molecule has 0 aliphatic rings. The van der Waals surface area contributed by atoms with E-state index in [0.29, 0.717) is 17.8 Å². The Morgan fingerprint density at radius 1 is 1.50 bits per heavy atom. The molecule has 0 bridgehead atoms. The Kier molecular flexibility index (Phi) is 5.86. The molecule has 2 rings (SSSR count). The van der Waals surface area contributed by atoms with E-state index in [2.05, 4.69) is 10.3 Å². The highest BCUT2D eigenvalue weighted by Crippen LogP contribution is 2.26. The molecule has 0 aliphatic carbocycles. The molecule has 0 unspecified atom stereocenters. The van der Waals surface area contributed by atoms with Crippen molar-refractivity contribution >= 4 is 28.0 Å². The molecule has 0 saturated heterocycles. The zero-order chi connectivity index (χ0) is 17.7. The molecule has 0 saturated carbocycles. The van der Waals surface area contributed by atoms with Crippen molar-refractivity contribution in [1.82, 2.24) is 4.98 Å². The van der Waals surface area contributed by atoms with Crippen LogP contribution in [-0.4, -0.2) is 29.4 Å². The summed E-state index contributed by atoms with van der Waals surface area (Å²) >= 11 is 1.05. The number of thiazole rings is 1. The van der Waals surface area contributed by atoms with Gasteiger partial charge in [-0.25, -0.2) is 13.8 Å². The maximum absolute atomic E-state index is 12.2. The highest BCUT2D eigenvalue weighted by Gasteiger charge is 2.15. The predicted octanol–water partition coefficient (Wildman–Crippen LogP) is 3.81. The molecule has 0 radical (unpaired) electrons. The largest absolute Gasteiger partial charge is 0.506 e. The Hall–Kier alpha value is -2.48. The number of nitrogens with one attached hydrogen (secondary N) is 1. The molecule has 0 fully saturated rings. The van der Waals surface area contributed by atoms with Crippen LogP contribution in [0.1, 0.15) is 16.0 Å². The van der Waals surface area contributed by atoms with E-state index in [1.165, 1.54) is 6.20 Å². The number of rotatable bonds is 7. The van der Waals surface area contributed by atoms with E-state index in [1.54, 1.807) is 7.11 Å². The van der Waals surface area contributed by atoms with Crippen molar-refractivity contribution in [1.29, 1.82) is 0 Å². The van der Waals surface area contributed by atoms with Crippen molar-refractivity contribution in [2.75, 3.05) is 12.4 Å². The molecule has 2 aromatic rings. The monoisotopic (exact) mass is 354 g/mol. The van der Waals surface area contributed by atoms with Crippen LogP contribution < -0.4 is 10.1 Å². The van der Waals surface area contributed by atoms with Gasteiger partial charge in [0, 0.05) is 18.2 Å². The summed E-state index contributed by atoms with van der Waals surface area (Å²) in [5.74, 6) is -1.23. The number of alkyl halides is 2. The second-order valence-corrected chi connectivity index (χ2v) is 5.96. The van der Waals surface area contributed by atoms with Crippen LogP contribution in [0.15, 0.2) is 30.5 Å². The molecular formula is C16H16F2N2O3S. The standard InChI is InChI=1S/C16H16F2N2O3S/c1-9-3-4-10(13(5-9)23-2)7-19-16-20-8-14(24-16)11(21)6-12(22)15(17)18/h3-6,8,15,21H,7H2,1-2H3,(H,19,20). The predicted molar refractivity (Wildman–Crippen MR) is 88.8 cm³/mol. The molecule has 8 heteroatoms. The second kappa shape index (κ2) is 7.87. The smallest absolute Gasteiger partial charge is 0.300 e. The van der Waals surface area contributed by atoms with Gasteiger partial charge in [-0.2, -0.15) is 0 Å². The van der Waals surface area contributed by atoms with Crippen LogP contribution in [0.5, 0.6) is 5.75 Å². The van der Waals surface area contributed by atoms with Gasteiger partial charge in [-0.15, -0.1) is 0 Å². The quantitative estimate of drug-likeness (QED) is 0.584. The van der Waals surface area contributed by atoms with Crippen LogP contribution in [0.25, 0.3) is 5.76 Å². The number of ketones is 1. The summed E-state index contributed by atoms with van der Waals surface area (Å²) in [7, 11) is 1.59. The number of hydrogen-bond acceptors (Lipinski definition) is 6. The number of carbonyl (C=O) groups excluding carboxylic acids is 1. The third kappa shape index (κ3) is 4.51. The van der Waals surface area contributed by atoms with Gasteiger partial charge in [0.25, 0.3) is 6.43 Å². The number of nitrogens with zero attached hydrogens (tertiary/aromatic N) is 1. The SMILES string of the molecule is COc1cc(C)ccc1CNc1ncc(C(O)=CC(=O)C(F)F)s1. The maximum Gasteiger partial charge on any atom is 0.300 e. The first-order chi connectivity index (χ1) is 11.4. The minimum absolute atomic E-state index is 0.224. The molecule has 128 valence electrons. The molecular weight excluding hydrogens is 338 g/mol. The zero-order valence-corrected chi connectivity index (χ0v) is 13.9. The second-order valence-electron chi connectivity index (χ2n) is 4.93. The lowest BCUT2D eigenvalue weighted by atomic mass is 10.1. The first-order valence-electron chi connectivity index (χ1n) is 6.97. The molecule has 1 heterocycles. The van der Waals surface area contributed by atoms with E-state index in [-0.39, 0.29) is 4.88 Å². The fourth-order valence-corrected chi connectivity index (χ4v) is 2.64. The van der Waals surface area contributed by atoms with Gasteiger partial charge in [0.1, 0.15) is 11.5 Å². The van der Waals surface area contributed by atoms with E-state index in [4.69, 9.17) is 4.74 Å². The Labute approximate surface area is 141 Å². The topological polar surface area (TPSA) is 71.4 Å². The highest BCUT2D eigenvalue weighted by molar-refractivity contribution is 7.16. The van der Waals surface area contributed by atoms with Crippen molar-refractivity contribution in [3.8, 4) is 5.75 Å². The van der Waals surface area contributed by atoms with Crippen molar-refractivity contribution in [3.63, 3.8) is 0 Å². The fraction of sp³-hybridized carbons (Fsp3) is 0.250. The number of ether oxygens (including phenoxy) is 1. The van der Waals surface area contributed by atoms with Crippen LogP contribution in [0, 0.1) is 6.92 Å². The summed E-state index contributed by atoms with van der Waals surface area (Å²) in [5.41, 5.74) is 2.00. The molecule has 1 aromatic heterocycles. The number of aliphatic hydroxyl groups excluding tert-OH is 1. The van der Waals surface area contributed by atoms with Crippen LogP contribution in [-0.2, 0) is 11.3 Å². The number of aromatic nitrogens is 1. The average molecular weight is 354 g/mol. The number of allylic oxidation sites excluding steroid dienone is 1. The van der Waals surface area contributed by atoms with E-state index in [0.717, 1.165) is 28.2 Å². The van der Waals surface area contributed by atoms with Gasteiger partial charge in [0.2, 0.25) is 5.78 Å². The van der Waals surface area contributed by atoms with Gasteiger partial charge in [0.15, 0.2) is 5.13 Å². The first-order valence-corrected chi connectivity index (χ1v) is 7.78. The van der Waals surface area contributed by atoms with Gasteiger partial charge >= 0.3 is 0 Å². The Bertz CT molecular complexity index is 760. The lowest BCUT2D eigenvalue weighted by Gasteiger charge is -2.09. The number of hydrogen-bond donors (Lipinski definition) is 2. The number of benzene rings is 1. The lowest BCUT2D eigenvalue weighted by Crippen LogP contribution is -2.06. The lowest BCUT2D eigenvalue weighted by molar-refractivity contribution is -0.124. The van der Waals surface area contributed by atoms with Crippen LogP contribution >= 0.6 is 11.3 Å². The van der Waals surface area contributed by atoms with Crippen molar-refractivity contribution < 1.29 is 23.4 Å². The summed E-state index contributed by atoms with van der Waals surface area (Å²) in [6.45, 7) is 2.40. The molecule has 0 aliphatic heterocycles. The van der Waals surface area contributed by atoms with Gasteiger partial charge in [0.05, 0.1) is 18.2 Å². The summed E-state index contributed by atoms with van der Waals surface area (Å²) in [5, 5.41) is 13.2. The summed E-state index contributed by atoms with van der Waals surface area (Å²) in [6, 6.07) is 5.79. The first kappa shape index (κ1) is 17.9. The van der Waals surface area contributed by atoms with Crippen LogP contribution in [0.2, 0.25) is 0 Å².